The third kappa shape index (κ3) is 1.37. The summed E-state index contributed by atoms with van der Waals surface area (Å²) in [6, 6.07) is 1.48. The van der Waals surface area contributed by atoms with Crippen molar-refractivity contribution in [2.24, 2.45) is 0 Å². The molecule has 0 amide bonds. The van der Waals surface area contributed by atoms with Crippen LogP contribution in [0.3, 0.4) is 0 Å². The van der Waals surface area contributed by atoms with Crippen molar-refractivity contribution in [3.05, 3.63) is 0 Å². The molecule has 2 saturated heterocycles. The molecule has 0 aliphatic carbocycles. The van der Waals surface area contributed by atoms with Crippen molar-refractivity contribution in [1.29, 1.82) is 0 Å². The van der Waals surface area contributed by atoms with Gasteiger partial charge in [0.15, 0.2) is 0 Å². The lowest BCUT2D eigenvalue weighted by Gasteiger charge is -2.45. The molecular formula is C9H18N2O. The zero-order chi connectivity index (χ0) is 8.55. The fraction of sp³-hybridized carbons (Fsp3) is 1.00. The Labute approximate surface area is 73.7 Å². The Hall–Kier alpha value is -0.120. The van der Waals surface area contributed by atoms with Crippen LogP contribution in [-0.4, -0.2) is 35.4 Å². The number of piperidine rings is 2. The van der Waals surface area contributed by atoms with Gasteiger partial charge in [0, 0.05) is 18.1 Å². The average molecular weight is 170 g/mol. The van der Waals surface area contributed by atoms with E-state index in [4.69, 9.17) is 0 Å². The molecule has 70 valence electrons. The number of hydrogen-bond acceptors (Lipinski definition) is 3. The molecule has 2 N–H and O–H groups in total. The van der Waals surface area contributed by atoms with Crippen LogP contribution in [0.15, 0.2) is 0 Å². The molecule has 2 bridgehead atoms. The van der Waals surface area contributed by atoms with Crippen molar-refractivity contribution in [3.63, 3.8) is 0 Å². The number of nitrogens with zero attached hydrogens (tertiary/aromatic N) is 1. The van der Waals surface area contributed by atoms with E-state index in [-0.39, 0.29) is 0 Å². The molecule has 0 aromatic heterocycles. The number of fused-ring (bicyclic) bond motifs is 2. The third-order valence-electron chi connectivity index (χ3n) is 3.34. The molecule has 3 nitrogen and oxygen atoms in total. The molecule has 2 fully saturated rings. The van der Waals surface area contributed by atoms with Crippen LogP contribution in [0.25, 0.3) is 0 Å². The van der Waals surface area contributed by atoms with Gasteiger partial charge in [-0.15, -0.1) is 0 Å². The first-order valence-corrected chi connectivity index (χ1v) is 4.95. The molecule has 12 heavy (non-hydrogen) atoms. The second-order valence-corrected chi connectivity index (χ2v) is 4.08. The summed E-state index contributed by atoms with van der Waals surface area (Å²) in [4.78, 5) is 0. The summed E-state index contributed by atoms with van der Waals surface area (Å²) >= 11 is 0. The van der Waals surface area contributed by atoms with Crippen LogP contribution in [0.4, 0.5) is 0 Å². The molecule has 3 heteroatoms. The summed E-state index contributed by atoms with van der Waals surface area (Å²) in [5.74, 6) is 0. The quantitative estimate of drug-likeness (QED) is 0.616. The van der Waals surface area contributed by atoms with Crippen molar-refractivity contribution in [2.75, 3.05) is 7.05 Å². The monoisotopic (exact) mass is 170 g/mol. The second-order valence-electron chi connectivity index (χ2n) is 4.08. The molecule has 3 atom stereocenters. The van der Waals surface area contributed by atoms with Crippen LogP contribution >= 0.6 is 0 Å². The Morgan fingerprint density at radius 2 is 1.83 bits per heavy atom. The van der Waals surface area contributed by atoms with Crippen molar-refractivity contribution in [3.8, 4) is 0 Å². The second kappa shape index (κ2) is 3.32. The summed E-state index contributed by atoms with van der Waals surface area (Å²) < 4.78 is 0. The Bertz CT molecular complexity index is 149. The molecular weight excluding hydrogens is 152 g/mol. The summed E-state index contributed by atoms with van der Waals surface area (Å²) in [5.41, 5.74) is 0. The standard InChI is InChI=1S/C9H18N2O/c1-10-7-5-8-3-2-4-9(6-7)11(8)12/h7-10,12H,2-6H2,1H3/t7?,8-,9?/m0/s1. The lowest BCUT2D eigenvalue weighted by molar-refractivity contribution is -0.198. The van der Waals surface area contributed by atoms with E-state index in [0.29, 0.717) is 18.1 Å². The van der Waals surface area contributed by atoms with Gasteiger partial charge in [-0.05, 0) is 32.7 Å². The average Bonchev–Trinajstić information content (AvgIpc) is 2.04. The third-order valence-corrected chi connectivity index (χ3v) is 3.34. The molecule has 0 aromatic carbocycles. The summed E-state index contributed by atoms with van der Waals surface area (Å²) in [6.45, 7) is 0. The lowest BCUT2D eigenvalue weighted by Crippen LogP contribution is -2.54. The SMILES string of the molecule is CNC1CC2CCC[C@@H](C1)N2O. The van der Waals surface area contributed by atoms with Crippen LogP contribution in [0.5, 0.6) is 0 Å². The number of rotatable bonds is 1. The van der Waals surface area contributed by atoms with Gasteiger partial charge in [0.25, 0.3) is 0 Å². The first-order valence-electron chi connectivity index (χ1n) is 4.95. The molecule has 2 aliphatic heterocycles. The van der Waals surface area contributed by atoms with E-state index in [2.05, 4.69) is 5.32 Å². The molecule has 2 unspecified atom stereocenters. The van der Waals surface area contributed by atoms with E-state index >= 15 is 0 Å². The number of hydroxylamine groups is 2. The van der Waals surface area contributed by atoms with E-state index in [1.807, 2.05) is 7.05 Å². The molecule has 0 saturated carbocycles. The Kier molecular flexibility index (Phi) is 2.35. The predicted octanol–water partition coefficient (Wildman–Crippen LogP) is 0.981. The minimum atomic E-state index is 0.426. The van der Waals surface area contributed by atoms with E-state index in [1.54, 1.807) is 5.06 Å². The molecule has 0 aromatic rings. The van der Waals surface area contributed by atoms with Gasteiger partial charge in [-0.1, -0.05) is 6.42 Å². The maximum Gasteiger partial charge on any atom is 0.0368 e. The summed E-state index contributed by atoms with van der Waals surface area (Å²) in [5, 5.41) is 14.6. The normalized spacial score (nSPS) is 43.0. The first-order chi connectivity index (χ1) is 5.81. The van der Waals surface area contributed by atoms with Crippen molar-refractivity contribution in [1.82, 2.24) is 10.4 Å². The highest BCUT2D eigenvalue weighted by Crippen LogP contribution is 2.32. The Morgan fingerprint density at radius 1 is 1.25 bits per heavy atom. The van der Waals surface area contributed by atoms with Crippen molar-refractivity contribution >= 4 is 0 Å². The maximum absolute atomic E-state index is 9.71. The van der Waals surface area contributed by atoms with Gasteiger partial charge < -0.3 is 10.5 Å². The van der Waals surface area contributed by atoms with Gasteiger partial charge in [0.1, 0.15) is 0 Å². The topological polar surface area (TPSA) is 35.5 Å². The largest absolute Gasteiger partial charge is 0.317 e. The van der Waals surface area contributed by atoms with Gasteiger partial charge in [-0.2, -0.15) is 5.06 Å². The molecule has 2 rings (SSSR count). The molecule has 2 aliphatic rings. The van der Waals surface area contributed by atoms with E-state index in [9.17, 15) is 5.21 Å². The number of nitrogens with one attached hydrogen (secondary N) is 1. The highest BCUT2D eigenvalue weighted by atomic mass is 16.5. The van der Waals surface area contributed by atoms with Crippen LogP contribution in [-0.2, 0) is 0 Å². The Balaban J connectivity index is 2.02. The lowest BCUT2D eigenvalue weighted by atomic mass is 9.83. The molecule has 0 radical (unpaired) electrons. The van der Waals surface area contributed by atoms with Crippen LogP contribution in [0.2, 0.25) is 0 Å². The van der Waals surface area contributed by atoms with Crippen LogP contribution in [0, 0.1) is 0 Å². The van der Waals surface area contributed by atoms with Crippen molar-refractivity contribution < 1.29 is 5.21 Å². The zero-order valence-corrected chi connectivity index (χ0v) is 7.66. The fourth-order valence-electron chi connectivity index (χ4n) is 2.59. The van der Waals surface area contributed by atoms with Crippen molar-refractivity contribution in [2.45, 2.75) is 50.2 Å². The minimum Gasteiger partial charge on any atom is -0.317 e. The fourth-order valence-corrected chi connectivity index (χ4v) is 2.59. The zero-order valence-electron chi connectivity index (χ0n) is 7.66. The number of hydrogen-bond donors (Lipinski definition) is 2. The minimum absolute atomic E-state index is 0.426. The highest BCUT2D eigenvalue weighted by molar-refractivity contribution is 4.90. The Morgan fingerprint density at radius 3 is 2.33 bits per heavy atom. The molecule has 0 spiro atoms. The van der Waals surface area contributed by atoms with Crippen LogP contribution < -0.4 is 5.32 Å². The predicted molar refractivity (Wildman–Crippen MR) is 47.1 cm³/mol. The van der Waals surface area contributed by atoms with E-state index < -0.39 is 0 Å². The highest BCUT2D eigenvalue weighted by Gasteiger charge is 2.36. The van der Waals surface area contributed by atoms with Gasteiger partial charge in [0.2, 0.25) is 0 Å². The summed E-state index contributed by atoms with van der Waals surface area (Å²) in [7, 11) is 2.02. The smallest absolute Gasteiger partial charge is 0.0368 e. The maximum atomic E-state index is 9.71. The van der Waals surface area contributed by atoms with E-state index in [0.717, 1.165) is 12.8 Å². The first kappa shape index (κ1) is 8.48. The van der Waals surface area contributed by atoms with Gasteiger partial charge in [-0.25, -0.2) is 0 Å². The van der Waals surface area contributed by atoms with Gasteiger partial charge in [-0.3, -0.25) is 0 Å². The van der Waals surface area contributed by atoms with Gasteiger partial charge >= 0.3 is 0 Å². The van der Waals surface area contributed by atoms with Gasteiger partial charge in [0.05, 0.1) is 0 Å². The van der Waals surface area contributed by atoms with E-state index in [1.165, 1.54) is 19.3 Å². The summed E-state index contributed by atoms with van der Waals surface area (Å²) in [6.07, 6.45) is 5.87. The van der Waals surface area contributed by atoms with Crippen LogP contribution in [0.1, 0.15) is 32.1 Å². The molecule has 2 heterocycles.